The van der Waals surface area contributed by atoms with Crippen LogP contribution in [0.3, 0.4) is 0 Å². The van der Waals surface area contributed by atoms with E-state index in [0.29, 0.717) is 24.5 Å². The third-order valence-electron chi connectivity index (χ3n) is 6.08. The smallest absolute Gasteiger partial charge is 0.376 e. The Hall–Kier alpha value is -1.90. The molecule has 0 amide bonds. The van der Waals surface area contributed by atoms with Crippen molar-refractivity contribution in [2.75, 3.05) is 31.1 Å². The number of aromatic nitrogens is 2. The average Bonchev–Trinajstić information content (AvgIpc) is 2.76. The predicted octanol–water partition coefficient (Wildman–Crippen LogP) is 4.45. The molecule has 2 atom stereocenters. The molecule has 1 aromatic heterocycles. The van der Waals surface area contributed by atoms with Gasteiger partial charge in [0, 0.05) is 36.7 Å². The molecule has 3 heterocycles. The first-order valence-electron chi connectivity index (χ1n) is 10.6. The van der Waals surface area contributed by atoms with Crippen LogP contribution in [0.5, 0.6) is 0 Å². The van der Waals surface area contributed by atoms with Crippen molar-refractivity contribution < 1.29 is 17.9 Å². The first-order valence-corrected chi connectivity index (χ1v) is 10.9. The number of ether oxygens (including phenoxy) is 1. The molecule has 0 bridgehead atoms. The van der Waals surface area contributed by atoms with E-state index >= 15 is 0 Å². The van der Waals surface area contributed by atoms with Crippen LogP contribution in [-0.4, -0.2) is 59.3 Å². The molecule has 1 aromatic carbocycles. The first-order chi connectivity index (χ1) is 14.8. The molecule has 5 nitrogen and oxygen atoms in total. The summed E-state index contributed by atoms with van der Waals surface area (Å²) in [4.78, 5) is 12.1. The second kappa shape index (κ2) is 9.30. The maximum absolute atomic E-state index is 12.7. The minimum Gasteiger partial charge on any atom is -0.376 e. The van der Waals surface area contributed by atoms with E-state index in [2.05, 4.69) is 33.9 Å². The van der Waals surface area contributed by atoms with Crippen molar-refractivity contribution in [1.29, 1.82) is 0 Å². The molecular formula is C22H26ClF3N4O. The van der Waals surface area contributed by atoms with E-state index in [4.69, 9.17) is 16.3 Å². The quantitative estimate of drug-likeness (QED) is 0.682. The molecule has 31 heavy (non-hydrogen) atoms. The Morgan fingerprint density at radius 3 is 2.42 bits per heavy atom. The van der Waals surface area contributed by atoms with Crippen LogP contribution < -0.4 is 4.90 Å². The molecular weight excluding hydrogens is 429 g/mol. The predicted molar refractivity (Wildman–Crippen MR) is 113 cm³/mol. The van der Waals surface area contributed by atoms with Gasteiger partial charge >= 0.3 is 6.18 Å². The minimum atomic E-state index is -4.47. The molecule has 0 spiro atoms. The minimum absolute atomic E-state index is 0.181. The lowest BCUT2D eigenvalue weighted by molar-refractivity contribution is -0.141. The fourth-order valence-electron chi connectivity index (χ4n) is 4.44. The monoisotopic (exact) mass is 454 g/mol. The normalized spacial score (nSPS) is 23.8. The van der Waals surface area contributed by atoms with Gasteiger partial charge in [-0.25, -0.2) is 9.97 Å². The van der Waals surface area contributed by atoms with Crippen molar-refractivity contribution in [2.45, 2.75) is 50.6 Å². The van der Waals surface area contributed by atoms with E-state index in [1.54, 1.807) is 0 Å². The van der Waals surface area contributed by atoms with Gasteiger partial charge in [0.05, 0.1) is 25.1 Å². The zero-order valence-electron chi connectivity index (χ0n) is 17.4. The maximum Gasteiger partial charge on any atom is 0.434 e. The number of halogens is 4. The van der Waals surface area contributed by atoms with Gasteiger partial charge in [0.2, 0.25) is 0 Å². The summed E-state index contributed by atoms with van der Waals surface area (Å²) in [5.41, 5.74) is 0.272. The molecule has 2 fully saturated rings. The molecule has 2 aliphatic heterocycles. The van der Waals surface area contributed by atoms with Crippen LogP contribution in [0.4, 0.5) is 19.0 Å². The highest BCUT2D eigenvalue weighted by molar-refractivity contribution is 6.30. The SMILES string of the molecule is C[C@H]1CN(C2CCN(c3cnc(C(F)(F)F)cn3)CC2)[C@@H](Cc2ccc(Cl)cc2)CO1. The van der Waals surface area contributed by atoms with Gasteiger partial charge in [-0.3, -0.25) is 4.90 Å². The molecule has 2 saturated heterocycles. The van der Waals surface area contributed by atoms with Crippen molar-refractivity contribution in [3.63, 3.8) is 0 Å². The highest BCUT2D eigenvalue weighted by Crippen LogP contribution is 2.29. The number of nitrogens with zero attached hydrogens (tertiary/aromatic N) is 4. The van der Waals surface area contributed by atoms with Crippen molar-refractivity contribution in [3.8, 4) is 0 Å². The van der Waals surface area contributed by atoms with Crippen LogP contribution in [-0.2, 0) is 17.3 Å². The van der Waals surface area contributed by atoms with Gasteiger partial charge in [-0.1, -0.05) is 23.7 Å². The summed E-state index contributed by atoms with van der Waals surface area (Å²) in [6.45, 7) is 5.14. The zero-order chi connectivity index (χ0) is 22.0. The number of hydrogen-bond acceptors (Lipinski definition) is 5. The highest BCUT2D eigenvalue weighted by Gasteiger charge is 2.35. The number of anilines is 1. The van der Waals surface area contributed by atoms with E-state index in [-0.39, 0.29) is 6.10 Å². The fourth-order valence-corrected chi connectivity index (χ4v) is 4.57. The van der Waals surface area contributed by atoms with Gasteiger partial charge in [-0.15, -0.1) is 0 Å². The van der Waals surface area contributed by atoms with Gasteiger partial charge in [-0.05, 0) is 43.9 Å². The fraction of sp³-hybridized carbons (Fsp3) is 0.545. The number of alkyl halides is 3. The maximum atomic E-state index is 12.7. The molecule has 0 saturated carbocycles. The number of hydrogen-bond donors (Lipinski definition) is 0. The number of benzene rings is 1. The van der Waals surface area contributed by atoms with E-state index in [0.717, 1.165) is 50.1 Å². The molecule has 0 radical (unpaired) electrons. The lowest BCUT2D eigenvalue weighted by Crippen LogP contribution is -2.56. The molecule has 0 unspecified atom stereocenters. The topological polar surface area (TPSA) is 41.5 Å². The van der Waals surface area contributed by atoms with Gasteiger partial charge in [0.15, 0.2) is 5.69 Å². The summed E-state index contributed by atoms with van der Waals surface area (Å²) >= 11 is 6.01. The summed E-state index contributed by atoms with van der Waals surface area (Å²) in [5.74, 6) is 0.500. The Morgan fingerprint density at radius 2 is 1.81 bits per heavy atom. The summed E-state index contributed by atoms with van der Waals surface area (Å²) < 4.78 is 44.1. The molecule has 168 valence electrons. The zero-order valence-corrected chi connectivity index (χ0v) is 18.1. The highest BCUT2D eigenvalue weighted by atomic mass is 35.5. The lowest BCUT2D eigenvalue weighted by Gasteiger charge is -2.46. The van der Waals surface area contributed by atoms with E-state index in [1.165, 1.54) is 11.8 Å². The van der Waals surface area contributed by atoms with Crippen molar-refractivity contribution >= 4 is 17.4 Å². The van der Waals surface area contributed by atoms with Crippen molar-refractivity contribution in [2.24, 2.45) is 0 Å². The van der Waals surface area contributed by atoms with E-state index in [9.17, 15) is 13.2 Å². The molecule has 0 N–H and O–H groups in total. The van der Waals surface area contributed by atoms with Crippen LogP contribution in [0.15, 0.2) is 36.7 Å². The van der Waals surface area contributed by atoms with Crippen LogP contribution in [0.25, 0.3) is 0 Å². The Morgan fingerprint density at radius 1 is 1.10 bits per heavy atom. The largest absolute Gasteiger partial charge is 0.434 e. The molecule has 4 rings (SSSR count). The summed E-state index contributed by atoms with van der Waals surface area (Å²) in [7, 11) is 0. The standard InChI is InChI=1S/C22H26ClF3N4O/c1-15-13-30(19(14-31-15)10-16-2-4-17(23)5-3-16)18-6-8-29(9-7-18)21-12-27-20(11-28-21)22(24,25)26/h2-5,11-12,15,18-19H,6-10,13-14H2,1H3/t15-,19-/m0/s1. The van der Waals surface area contributed by atoms with Crippen LogP contribution >= 0.6 is 11.6 Å². The number of rotatable bonds is 4. The molecule has 2 aliphatic rings. The lowest BCUT2D eigenvalue weighted by atomic mass is 9.96. The third kappa shape index (κ3) is 5.48. The van der Waals surface area contributed by atoms with Gasteiger partial charge in [-0.2, -0.15) is 13.2 Å². The van der Waals surface area contributed by atoms with Crippen LogP contribution in [0, 0.1) is 0 Å². The Labute approximate surface area is 185 Å². The summed E-state index contributed by atoms with van der Waals surface area (Å²) in [5, 5.41) is 0.730. The Bertz CT molecular complexity index is 855. The number of piperidine rings is 1. The summed E-state index contributed by atoms with van der Waals surface area (Å²) in [6.07, 6.45) is 0.495. The Balaban J connectivity index is 1.39. The second-order valence-corrected chi connectivity index (χ2v) is 8.74. The third-order valence-corrected chi connectivity index (χ3v) is 6.33. The van der Waals surface area contributed by atoms with Gasteiger partial charge in [0.1, 0.15) is 5.82 Å². The van der Waals surface area contributed by atoms with Gasteiger partial charge in [0.25, 0.3) is 0 Å². The van der Waals surface area contributed by atoms with E-state index < -0.39 is 11.9 Å². The Kier molecular flexibility index (Phi) is 6.69. The van der Waals surface area contributed by atoms with E-state index in [1.807, 2.05) is 17.0 Å². The molecule has 0 aliphatic carbocycles. The average molecular weight is 455 g/mol. The van der Waals surface area contributed by atoms with Crippen LogP contribution in [0.2, 0.25) is 5.02 Å². The first kappa shape index (κ1) is 22.3. The van der Waals surface area contributed by atoms with Gasteiger partial charge < -0.3 is 9.64 Å². The van der Waals surface area contributed by atoms with Crippen LogP contribution in [0.1, 0.15) is 31.0 Å². The molecule has 2 aromatic rings. The van der Waals surface area contributed by atoms with Crippen molar-refractivity contribution in [3.05, 3.63) is 52.9 Å². The molecule has 9 heteroatoms. The summed E-state index contributed by atoms with van der Waals surface area (Å²) in [6, 6.07) is 8.64. The van der Waals surface area contributed by atoms with Crippen molar-refractivity contribution in [1.82, 2.24) is 14.9 Å². The second-order valence-electron chi connectivity index (χ2n) is 8.30. The number of morpholine rings is 1.